The molecule has 0 aliphatic carbocycles. The molecule has 3 heterocycles. The van der Waals surface area contributed by atoms with Gasteiger partial charge in [0.05, 0.1) is 38.0 Å². The summed E-state index contributed by atoms with van der Waals surface area (Å²) in [6.45, 7) is 14.1. The standard InChI is InChI=1S/C19H30N6O2/c1-6-19(4,5)25-17(20-21-22-25)16(14(2)3)23-9-11-24(12-10-23)18(26)15-8-7-13-27-15/h7-8,13-14,16H,6,9-12H2,1-5H3/p+1/t16-/m1/s1. The molecule has 1 amide bonds. The Balaban J connectivity index is 1.75. The molecule has 1 aliphatic heterocycles. The molecule has 3 rings (SSSR count). The van der Waals surface area contributed by atoms with E-state index in [2.05, 4.69) is 50.1 Å². The van der Waals surface area contributed by atoms with Gasteiger partial charge in [-0.2, -0.15) is 0 Å². The number of quaternary nitrogens is 1. The van der Waals surface area contributed by atoms with Gasteiger partial charge in [-0.1, -0.05) is 20.8 Å². The van der Waals surface area contributed by atoms with Crippen LogP contribution in [-0.2, 0) is 5.54 Å². The highest BCUT2D eigenvalue weighted by molar-refractivity contribution is 5.91. The van der Waals surface area contributed by atoms with E-state index >= 15 is 0 Å². The molecule has 0 radical (unpaired) electrons. The van der Waals surface area contributed by atoms with Crippen LogP contribution in [0.2, 0.25) is 0 Å². The lowest BCUT2D eigenvalue weighted by Crippen LogP contribution is -3.15. The van der Waals surface area contributed by atoms with E-state index < -0.39 is 0 Å². The summed E-state index contributed by atoms with van der Waals surface area (Å²) in [6.07, 6.45) is 2.50. The molecule has 8 nitrogen and oxygen atoms in total. The molecule has 0 unspecified atom stereocenters. The quantitative estimate of drug-likeness (QED) is 0.819. The van der Waals surface area contributed by atoms with Crippen LogP contribution in [0.3, 0.4) is 0 Å². The maximum Gasteiger partial charge on any atom is 0.289 e. The monoisotopic (exact) mass is 375 g/mol. The zero-order valence-corrected chi connectivity index (χ0v) is 17.0. The summed E-state index contributed by atoms with van der Waals surface area (Å²) in [6, 6.07) is 3.67. The van der Waals surface area contributed by atoms with Gasteiger partial charge in [-0.05, 0) is 42.8 Å². The summed E-state index contributed by atoms with van der Waals surface area (Å²) in [7, 11) is 0. The summed E-state index contributed by atoms with van der Waals surface area (Å²) in [5, 5.41) is 12.7. The lowest BCUT2D eigenvalue weighted by atomic mass is 9.97. The number of carbonyl (C=O) groups excluding carboxylic acids is 1. The molecule has 0 bridgehead atoms. The normalized spacial score (nSPS) is 17.5. The molecule has 2 aromatic rings. The largest absolute Gasteiger partial charge is 0.459 e. The van der Waals surface area contributed by atoms with E-state index in [1.807, 2.05) is 9.58 Å². The van der Waals surface area contributed by atoms with Crippen LogP contribution in [0.5, 0.6) is 0 Å². The van der Waals surface area contributed by atoms with Gasteiger partial charge in [-0.3, -0.25) is 4.79 Å². The summed E-state index contributed by atoms with van der Waals surface area (Å²) >= 11 is 0. The average molecular weight is 375 g/mol. The van der Waals surface area contributed by atoms with Gasteiger partial charge in [0.1, 0.15) is 0 Å². The molecular weight excluding hydrogens is 344 g/mol. The van der Waals surface area contributed by atoms with E-state index in [4.69, 9.17) is 4.42 Å². The Morgan fingerprint density at radius 3 is 2.59 bits per heavy atom. The second kappa shape index (κ2) is 7.80. The molecule has 148 valence electrons. The highest BCUT2D eigenvalue weighted by atomic mass is 16.3. The van der Waals surface area contributed by atoms with E-state index in [0.717, 1.165) is 25.3 Å². The van der Waals surface area contributed by atoms with Gasteiger partial charge in [-0.25, -0.2) is 4.68 Å². The van der Waals surface area contributed by atoms with Crippen LogP contribution in [-0.4, -0.2) is 57.2 Å². The van der Waals surface area contributed by atoms with Gasteiger partial charge in [0.2, 0.25) is 5.82 Å². The van der Waals surface area contributed by atoms with Gasteiger partial charge in [0.25, 0.3) is 5.91 Å². The minimum atomic E-state index is -0.123. The van der Waals surface area contributed by atoms with E-state index in [9.17, 15) is 4.79 Å². The number of rotatable bonds is 6. The van der Waals surface area contributed by atoms with Crippen molar-refractivity contribution < 1.29 is 14.1 Å². The van der Waals surface area contributed by atoms with Gasteiger partial charge in [-0.15, -0.1) is 5.10 Å². The molecule has 27 heavy (non-hydrogen) atoms. The number of nitrogens with zero attached hydrogens (tertiary/aromatic N) is 5. The minimum absolute atomic E-state index is 0.0305. The van der Waals surface area contributed by atoms with Gasteiger partial charge >= 0.3 is 0 Å². The zero-order chi connectivity index (χ0) is 19.6. The predicted molar refractivity (Wildman–Crippen MR) is 100 cm³/mol. The molecule has 1 aliphatic rings. The average Bonchev–Trinajstić information content (AvgIpc) is 3.34. The van der Waals surface area contributed by atoms with Crippen molar-refractivity contribution in [2.45, 2.75) is 52.6 Å². The lowest BCUT2D eigenvalue weighted by molar-refractivity contribution is -0.940. The van der Waals surface area contributed by atoms with Crippen LogP contribution in [0.15, 0.2) is 22.8 Å². The van der Waals surface area contributed by atoms with Crippen molar-refractivity contribution in [2.24, 2.45) is 5.92 Å². The number of amides is 1. The molecular formula is C19H31N6O2+. The summed E-state index contributed by atoms with van der Waals surface area (Å²) in [5.41, 5.74) is -0.123. The van der Waals surface area contributed by atoms with Gasteiger partial charge in [0.15, 0.2) is 11.8 Å². The van der Waals surface area contributed by atoms with Crippen molar-refractivity contribution in [1.29, 1.82) is 0 Å². The minimum Gasteiger partial charge on any atom is -0.459 e. The first-order chi connectivity index (χ1) is 12.8. The fourth-order valence-electron chi connectivity index (χ4n) is 3.79. The molecule has 0 spiro atoms. The first kappa shape index (κ1) is 19.5. The van der Waals surface area contributed by atoms with Crippen LogP contribution < -0.4 is 4.90 Å². The first-order valence-corrected chi connectivity index (χ1v) is 9.81. The van der Waals surface area contributed by atoms with Crippen LogP contribution in [0.1, 0.15) is 63.5 Å². The first-order valence-electron chi connectivity index (χ1n) is 9.81. The van der Waals surface area contributed by atoms with Crippen LogP contribution in [0.25, 0.3) is 0 Å². The Labute approximate surface area is 160 Å². The van der Waals surface area contributed by atoms with Crippen LogP contribution >= 0.6 is 0 Å². The molecule has 2 aromatic heterocycles. The Morgan fingerprint density at radius 2 is 2.04 bits per heavy atom. The topological polar surface area (TPSA) is 81.5 Å². The number of hydrogen-bond acceptors (Lipinski definition) is 5. The Morgan fingerprint density at radius 1 is 1.33 bits per heavy atom. The van der Waals surface area contributed by atoms with Crippen molar-refractivity contribution in [3.05, 3.63) is 30.0 Å². The molecule has 0 saturated carbocycles. The fraction of sp³-hybridized carbons (Fsp3) is 0.684. The maximum absolute atomic E-state index is 12.5. The van der Waals surface area contributed by atoms with Crippen molar-refractivity contribution >= 4 is 5.91 Å². The summed E-state index contributed by atoms with van der Waals surface area (Å²) in [5.74, 6) is 1.71. The van der Waals surface area contributed by atoms with Crippen molar-refractivity contribution in [1.82, 2.24) is 25.1 Å². The molecule has 0 aromatic carbocycles. The van der Waals surface area contributed by atoms with E-state index in [1.165, 1.54) is 4.90 Å². The Kier molecular flexibility index (Phi) is 5.64. The fourth-order valence-corrected chi connectivity index (χ4v) is 3.79. The molecule has 1 fully saturated rings. The summed E-state index contributed by atoms with van der Waals surface area (Å²) in [4.78, 5) is 15.8. The third kappa shape index (κ3) is 3.90. The predicted octanol–water partition coefficient (Wildman–Crippen LogP) is 1.15. The van der Waals surface area contributed by atoms with Crippen LogP contribution in [0.4, 0.5) is 0 Å². The van der Waals surface area contributed by atoms with E-state index in [1.54, 1.807) is 18.4 Å². The van der Waals surface area contributed by atoms with E-state index in [-0.39, 0.29) is 17.5 Å². The summed E-state index contributed by atoms with van der Waals surface area (Å²) < 4.78 is 7.25. The SMILES string of the molecule is CCC(C)(C)n1nnnc1[C@@H](C(C)C)[NH+]1CCN(C(=O)c2ccco2)CC1. The highest BCUT2D eigenvalue weighted by Crippen LogP contribution is 2.24. The van der Waals surface area contributed by atoms with Crippen molar-refractivity contribution in [3.8, 4) is 0 Å². The van der Waals surface area contributed by atoms with Crippen molar-refractivity contribution in [3.63, 3.8) is 0 Å². The third-order valence-corrected chi connectivity index (χ3v) is 5.74. The highest BCUT2D eigenvalue weighted by Gasteiger charge is 2.38. The number of nitrogens with one attached hydrogen (secondary N) is 1. The van der Waals surface area contributed by atoms with Gasteiger partial charge < -0.3 is 14.2 Å². The Hall–Kier alpha value is -2.22. The second-order valence-electron chi connectivity index (χ2n) is 8.26. The molecule has 1 N–H and O–H groups in total. The molecule has 1 saturated heterocycles. The second-order valence-corrected chi connectivity index (χ2v) is 8.26. The Bertz CT molecular complexity index is 744. The number of hydrogen-bond donors (Lipinski definition) is 1. The number of carbonyl (C=O) groups is 1. The number of furan rings is 1. The maximum atomic E-state index is 12.5. The lowest BCUT2D eigenvalue weighted by Gasteiger charge is -2.38. The van der Waals surface area contributed by atoms with Crippen LogP contribution in [0, 0.1) is 5.92 Å². The third-order valence-electron chi connectivity index (χ3n) is 5.74. The zero-order valence-electron chi connectivity index (χ0n) is 17.0. The molecule has 8 heteroatoms. The number of tetrazole rings is 1. The van der Waals surface area contributed by atoms with E-state index in [0.29, 0.717) is 24.8 Å². The number of aromatic nitrogens is 4. The smallest absolute Gasteiger partial charge is 0.289 e. The van der Waals surface area contributed by atoms with Gasteiger partial charge in [0, 0.05) is 5.92 Å². The van der Waals surface area contributed by atoms with Crippen molar-refractivity contribution in [2.75, 3.05) is 26.2 Å². The number of piperazine rings is 1. The molecule has 1 atom stereocenters.